The van der Waals surface area contributed by atoms with Crippen LogP contribution in [-0.4, -0.2) is 73.5 Å². The van der Waals surface area contributed by atoms with Gasteiger partial charge >= 0.3 is 5.97 Å². The molecule has 7 heteroatoms. The molecule has 0 aromatic heterocycles. The van der Waals surface area contributed by atoms with Crippen LogP contribution in [-0.2, 0) is 24.5 Å². The van der Waals surface area contributed by atoms with Gasteiger partial charge in [-0.25, -0.2) is 0 Å². The first kappa shape index (κ1) is 22.7. The summed E-state index contributed by atoms with van der Waals surface area (Å²) in [5.74, 6) is 0.713. The highest BCUT2D eigenvalue weighted by Crippen LogP contribution is 2.74. The van der Waals surface area contributed by atoms with Crippen molar-refractivity contribution in [3.63, 3.8) is 0 Å². The Hall–Kier alpha value is -2.22. The number of hydrogen-bond acceptors (Lipinski definition) is 6. The highest BCUT2D eigenvalue weighted by atomic mass is 16.6. The van der Waals surface area contributed by atoms with Crippen LogP contribution in [0.4, 0.5) is 5.69 Å². The third-order valence-electron chi connectivity index (χ3n) is 12.1. The standard InChI is InChI=1S/C30H36N2O5/c1-4-29-14-31(3)25-18-13-36-23(10-20(18)29)30(26(25)29)19-7-5-6-8-21(19)32(28(30)35)11-16-24-17(12-33)15(2)9-22(24)37-27(16)34/h4-8,15-18,20,22-26,33H,1,9-14H2,2-3H3/t15-,16-,17+,18+,20+,22-,23?,24+,25-,26+,29+,30-/m0/s1. The van der Waals surface area contributed by atoms with Gasteiger partial charge in [-0.05, 0) is 49.3 Å². The molecule has 3 aliphatic carbocycles. The fourth-order valence-corrected chi connectivity index (χ4v) is 10.9. The van der Waals surface area contributed by atoms with E-state index in [0.717, 1.165) is 30.6 Å². The Morgan fingerprint density at radius 2 is 2.05 bits per heavy atom. The predicted molar refractivity (Wildman–Crippen MR) is 136 cm³/mol. The highest BCUT2D eigenvalue weighted by molar-refractivity contribution is 6.10. The summed E-state index contributed by atoms with van der Waals surface area (Å²) in [6, 6.07) is 8.48. The zero-order chi connectivity index (χ0) is 25.4. The van der Waals surface area contributed by atoms with E-state index >= 15 is 0 Å². The van der Waals surface area contributed by atoms with Gasteiger partial charge in [0.2, 0.25) is 5.91 Å². The van der Waals surface area contributed by atoms with Crippen molar-refractivity contribution in [3.05, 3.63) is 42.5 Å². The average Bonchev–Trinajstić information content (AvgIpc) is 3.57. The number of aliphatic hydroxyl groups excluding tert-OH is 1. The van der Waals surface area contributed by atoms with Crippen molar-refractivity contribution < 1.29 is 24.2 Å². The molecule has 7 nitrogen and oxygen atoms in total. The van der Waals surface area contributed by atoms with Crippen molar-refractivity contribution in [2.75, 3.05) is 38.3 Å². The van der Waals surface area contributed by atoms with Gasteiger partial charge in [0.1, 0.15) is 11.5 Å². The molecule has 8 rings (SSSR count). The van der Waals surface area contributed by atoms with Crippen LogP contribution in [0, 0.1) is 46.8 Å². The summed E-state index contributed by atoms with van der Waals surface area (Å²) in [4.78, 5) is 32.5. The maximum atomic E-state index is 15.0. The van der Waals surface area contributed by atoms with Crippen LogP contribution in [0.25, 0.3) is 0 Å². The number of ether oxygens (including phenoxy) is 2. The molecule has 4 heterocycles. The van der Waals surface area contributed by atoms with E-state index in [4.69, 9.17) is 9.47 Å². The van der Waals surface area contributed by atoms with Crippen LogP contribution >= 0.6 is 0 Å². The molecule has 6 fully saturated rings. The lowest BCUT2D eigenvalue weighted by Crippen LogP contribution is -2.63. The van der Waals surface area contributed by atoms with Crippen molar-refractivity contribution in [3.8, 4) is 0 Å². The van der Waals surface area contributed by atoms with Crippen molar-refractivity contribution in [1.29, 1.82) is 0 Å². The molecule has 1 N–H and O–H groups in total. The summed E-state index contributed by atoms with van der Waals surface area (Å²) in [6.45, 7) is 8.45. The number of aliphatic hydroxyl groups is 1. The van der Waals surface area contributed by atoms with Crippen molar-refractivity contribution in [1.82, 2.24) is 4.90 Å². The maximum Gasteiger partial charge on any atom is 0.311 e. The van der Waals surface area contributed by atoms with Crippen molar-refractivity contribution >= 4 is 17.6 Å². The summed E-state index contributed by atoms with van der Waals surface area (Å²) < 4.78 is 12.4. The average molecular weight is 505 g/mol. The largest absolute Gasteiger partial charge is 0.462 e. The number of para-hydroxylation sites is 1. The van der Waals surface area contributed by atoms with E-state index in [9.17, 15) is 14.7 Å². The van der Waals surface area contributed by atoms with Gasteiger partial charge in [0.15, 0.2) is 0 Å². The first-order valence-electron chi connectivity index (χ1n) is 14.1. The number of fused-ring (bicyclic) bond motifs is 6. The molecule has 37 heavy (non-hydrogen) atoms. The van der Waals surface area contributed by atoms with E-state index in [1.165, 1.54) is 0 Å². The summed E-state index contributed by atoms with van der Waals surface area (Å²) in [7, 11) is 2.19. The molecule has 1 unspecified atom stereocenters. The quantitative estimate of drug-likeness (QED) is 0.501. The smallest absolute Gasteiger partial charge is 0.311 e. The number of hydrogen-bond donors (Lipinski definition) is 1. The Balaban J connectivity index is 1.25. The van der Waals surface area contributed by atoms with Gasteiger partial charge in [-0.3, -0.25) is 9.59 Å². The molecule has 0 radical (unpaired) electrons. The van der Waals surface area contributed by atoms with Crippen LogP contribution in [0.3, 0.4) is 0 Å². The zero-order valence-electron chi connectivity index (χ0n) is 21.6. The lowest BCUT2D eigenvalue weighted by atomic mass is 9.51. The molecule has 7 aliphatic rings. The Labute approximate surface area is 217 Å². The summed E-state index contributed by atoms with van der Waals surface area (Å²) in [5, 5.41) is 10.2. The fraction of sp³-hybridized carbons (Fsp3) is 0.667. The van der Waals surface area contributed by atoms with E-state index in [0.29, 0.717) is 30.9 Å². The molecule has 3 saturated heterocycles. The monoisotopic (exact) mass is 504 g/mol. The molecular weight excluding hydrogens is 468 g/mol. The number of anilines is 1. The minimum absolute atomic E-state index is 0.0149. The molecule has 12 atom stereocenters. The lowest BCUT2D eigenvalue weighted by molar-refractivity contribution is -0.155. The highest BCUT2D eigenvalue weighted by Gasteiger charge is 2.80. The number of likely N-dealkylation sites (tertiary alicyclic amines) is 1. The SMILES string of the molecule is C=C[C@@]12CN(C)[C@H]3[C@@H]4COC(C[C@H]41)[C@]1(C(=O)N(C[C@@H]4C(=O)O[C@H]5C[C@H](C)[C@@H](CO)[C@H]54)c4ccccc41)[C@H]32. The molecule has 196 valence electrons. The Kier molecular flexibility index (Phi) is 4.45. The van der Waals surface area contributed by atoms with E-state index in [1.54, 1.807) is 0 Å². The van der Waals surface area contributed by atoms with Gasteiger partial charge in [0, 0.05) is 54.6 Å². The lowest BCUT2D eigenvalue weighted by Gasteiger charge is -2.54. The van der Waals surface area contributed by atoms with E-state index in [-0.39, 0.29) is 59.9 Å². The van der Waals surface area contributed by atoms with Crippen LogP contribution in [0.2, 0.25) is 0 Å². The molecule has 4 aliphatic heterocycles. The number of amides is 1. The van der Waals surface area contributed by atoms with Gasteiger partial charge in [-0.15, -0.1) is 6.58 Å². The molecule has 1 amide bonds. The summed E-state index contributed by atoms with van der Waals surface area (Å²) >= 11 is 0. The van der Waals surface area contributed by atoms with Crippen molar-refractivity contribution in [2.24, 2.45) is 46.8 Å². The number of piperidine rings is 1. The molecule has 1 aromatic carbocycles. The minimum atomic E-state index is -0.775. The van der Waals surface area contributed by atoms with E-state index < -0.39 is 11.3 Å². The number of nitrogens with zero attached hydrogens (tertiary/aromatic N) is 2. The summed E-state index contributed by atoms with van der Waals surface area (Å²) in [5.41, 5.74) is 1.09. The fourth-order valence-electron chi connectivity index (χ4n) is 10.9. The Morgan fingerprint density at radius 1 is 1.24 bits per heavy atom. The van der Waals surface area contributed by atoms with Crippen LogP contribution in [0.1, 0.15) is 25.3 Å². The Bertz CT molecular complexity index is 1220. The molecule has 1 aromatic rings. The second-order valence-corrected chi connectivity index (χ2v) is 13.0. The minimum Gasteiger partial charge on any atom is -0.462 e. The first-order chi connectivity index (χ1) is 17.9. The number of carbonyl (C=O) groups excluding carboxylic acids is 2. The van der Waals surface area contributed by atoms with Gasteiger partial charge in [0.25, 0.3) is 0 Å². The van der Waals surface area contributed by atoms with Crippen LogP contribution in [0.5, 0.6) is 0 Å². The predicted octanol–water partition coefficient (Wildman–Crippen LogP) is 2.23. The summed E-state index contributed by atoms with van der Waals surface area (Å²) in [6.07, 6.45) is 3.51. The first-order valence-corrected chi connectivity index (χ1v) is 14.1. The molecule has 3 saturated carbocycles. The molecular formula is C30H36N2O5. The molecule has 5 bridgehead atoms. The second kappa shape index (κ2) is 7.25. The third-order valence-corrected chi connectivity index (χ3v) is 12.1. The third kappa shape index (κ3) is 2.38. The number of benzene rings is 1. The number of carbonyl (C=O) groups is 2. The normalized spacial score (nSPS) is 50.7. The zero-order valence-corrected chi connectivity index (χ0v) is 21.6. The van der Waals surface area contributed by atoms with Gasteiger partial charge in [-0.1, -0.05) is 31.2 Å². The van der Waals surface area contributed by atoms with Crippen LogP contribution < -0.4 is 4.90 Å². The van der Waals surface area contributed by atoms with Gasteiger partial charge < -0.3 is 24.4 Å². The van der Waals surface area contributed by atoms with Crippen LogP contribution in [0.15, 0.2) is 36.9 Å². The van der Waals surface area contributed by atoms with Crippen molar-refractivity contribution in [2.45, 2.75) is 43.4 Å². The van der Waals surface area contributed by atoms with Gasteiger partial charge in [0.05, 0.1) is 18.6 Å². The molecule has 1 spiro atoms. The van der Waals surface area contributed by atoms with E-state index in [1.807, 2.05) is 23.1 Å². The Morgan fingerprint density at radius 3 is 2.84 bits per heavy atom. The van der Waals surface area contributed by atoms with Gasteiger partial charge in [-0.2, -0.15) is 0 Å². The number of rotatable bonds is 4. The second-order valence-electron chi connectivity index (χ2n) is 13.0. The number of esters is 1. The maximum absolute atomic E-state index is 15.0. The van der Waals surface area contributed by atoms with E-state index in [2.05, 4.69) is 37.6 Å². The topological polar surface area (TPSA) is 79.3 Å².